The number of hydrogen-bond donors (Lipinski definition) is 1. The third-order valence-electron chi connectivity index (χ3n) is 5.54. The van der Waals surface area contributed by atoms with Crippen molar-refractivity contribution < 1.29 is 9.90 Å². The fourth-order valence-electron chi connectivity index (χ4n) is 4.20. The minimum Gasteiger partial charge on any atom is -0.395 e. The summed E-state index contributed by atoms with van der Waals surface area (Å²) in [5.41, 5.74) is 1.21. The van der Waals surface area contributed by atoms with Crippen molar-refractivity contribution in [2.45, 2.75) is 52.4 Å². The first-order chi connectivity index (χ1) is 11.9. The van der Waals surface area contributed by atoms with E-state index in [1.54, 1.807) is 0 Å². The summed E-state index contributed by atoms with van der Waals surface area (Å²) in [6, 6.07) is 2.12. The molecule has 0 bridgehead atoms. The number of aromatic nitrogens is 2. The standard InChI is InChI=1S/C19H30N4O2/c1-14(2)16-11-17(21-15(3)20-16)22-8-4-6-19(12-22)7-5-18(25)23(13-19)9-10-24/h11,14,24H,4-10,12-13H2,1-3H3/t19-/m1/s1. The summed E-state index contributed by atoms with van der Waals surface area (Å²) in [7, 11) is 0. The number of carbonyl (C=O) groups excluding carboxylic acids is 1. The van der Waals surface area contributed by atoms with Crippen LogP contribution in [0.5, 0.6) is 0 Å². The van der Waals surface area contributed by atoms with Crippen LogP contribution < -0.4 is 4.90 Å². The van der Waals surface area contributed by atoms with Gasteiger partial charge in [0, 0.05) is 49.8 Å². The molecule has 0 unspecified atom stereocenters. The summed E-state index contributed by atoms with van der Waals surface area (Å²) in [6.07, 6.45) is 3.78. The molecule has 1 amide bonds. The van der Waals surface area contributed by atoms with Crippen molar-refractivity contribution in [3.05, 3.63) is 17.6 Å². The molecule has 0 aromatic carbocycles. The van der Waals surface area contributed by atoms with Crippen LogP contribution in [0, 0.1) is 12.3 Å². The Labute approximate surface area is 150 Å². The second kappa shape index (κ2) is 7.28. The summed E-state index contributed by atoms with van der Waals surface area (Å²) in [6.45, 7) is 9.44. The summed E-state index contributed by atoms with van der Waals surface area (Å²) in [5.74, 6) is 2.39. The molecule has 6 heteroatoms. The second-order valence-electron chi connectivity index (χ2n) is 7.92. The van der Waals surface area contributed by atoms with Crippen LogP contribution in [0.2, 0.25) is 0 Å². The average molecular weight is 346 g/mol. The molecule has 0 radical (unpaired) electrons. The van der Waals surface area contributed by atoms with Crippen LogP contribution in [0.3, 0.4) is 0 Å². The number of rotatable bonds is 4. The van der Waals surface area contributed by atoms with E-state index in [-0.39, 0.29) is 17.9 Å². The van der Waals surface area contributed by atoms with Gasteiger partial charge in [-0.2, -0.15) is 0 Å². The number of amides is 1. The number of aliphatic hydroxyl groups is 1. The van der Waals surface area contributed by atoms with Gasteiger partial charge in [-0.25, -0.2) is 9.97 Å². The van der Waals surface area contributed by atoms with Gasteiger partial charge in [-0.1, -0.05) is 13.8 Å². The summed E-state index contributed by atoms with van der Waals surface area (Å²) in [4.78, 5) is 25.6. The Morgan fingerprint density at radius 3 is 2.80 bits per heavy atom. The zero-order valence-corrected chi connectivity index (χ0v) is 15.7. The molecule has 3 rings (SSSR count). The fourth-order valence-corrected chi connectivity index (χ4v) is 4.20. The van der Waals surface area contributed by atoms with Crippen molar-refractivity contribution >= 4 is 11.7 Å². The molecule has 0 saturated carbocycles. The van der Waals surface area contributed by atoms with Crippen LogP contribution in [0.4, 0.5) is 5.82 Å². The first-order valence-electron chi connectivity index (χ1n) is 9.42. The number of aryl methyl sites for hydroxylation is 1. The Bertz CT molecular complexity index is 634. The van der Waals surface area contributed by atoms with Crippen molar-refractivity contribution in [1.82, 2.24) is 14.9 Å². The van der Waals surface area contributed by atoms with Crippen molar-refractivity contribution in [2.75, 3.05) is 37.7 Å². The van der Waals surface area contributed by atoms with Crippen LogP contribution >= 0.6 is 0 Å². The Kier molecular flexibility index (Phi) is 5.27. The molecule has 1 N–H and O–H groups in total. The number of hydrogen-bond acceptors (Lipinski definition) is 5. The Morgan fingerprint density at radius 2 is 2.08 bits per heavy atom. The molecule has 2 aliphatic heterocycles. The molecule has 6 nitrogen and oxygen atoms in total. The lowest BCUT2D eigenvalue weighted by atomic mass is 9.73. The first kappa shape index (κ1) is 18.1. The van der Waals surface area contributed by atoms with Crippen LogP contribution in [-0.4, -0.2) is 58.7 Å². The lowest BCUT2D eigenvalue weighted by Gasteiger charge is -2.48. The largest absolute Gasteiger partial charge is 0.395 e. The van der Waals surface area contributed by atoms with Gasteiger partial charge in [0.25, 0.3) is 0 Å². The van der Waals surface area contributed by atoms with Gasteiger partial charge in [0.2, 0.25) is 5.91 Å². The van der Waals surface area contributed by atoms with E-state index in [1.165, 1.54) is 0 Å². The van der Waals surface area contributed by atoms with Crippen molar-refractivity contribution in [3.63, 3.8) is 0 Å². The van der Waals surface area contributed by atoms with Gasteiger partial charge in [-0.3, -0.25) is 4.79 Å². The molecule has 138 valence electrons. The highest BCUT2D eigenvalue weighted by molar-refractivity contribution is 5.77. The summed E-state index contributed by atoms with van der Waals surface area (Å²) >= 11 is 0. The van der Waals surface area contributed by atoms with Gasteiger partial charge in [-0.15, -0.1) is 0 Å². The van der Waals surface area contributed by atoms with E-state index in [4.69, 9.17) is 0 Å². The van der Waals surface area contributed by atoms with Gasteiger partial charge in [0.1, 0.15) is 11.6 Å². The minimum atomic E-state index is 0.0361. The molecule has 25 heavy (non-hydrogen) atoms. The highest BCUT2D eigenvalue weighted by Gasteiger charge is 2.41. The molecular weight excluding hydrogens is 316 g/mol. The Balaban J connectivity index is 1.80. The maximum Gasteiger partial charge on any atom is 0.222 e. The zero-order valence-electron chi connectivity index (χ0n) is 15.7. The maximum absolute atomic E-state index is 12.1. The topological polar surface area (TPSA) is 69.6 Å². The van der Waals surface area contributed by atoms with Crippen LogP contribution in [0.1, 0.15) is 57.0 Å². The predicted molar refractivity (Wildman–Crippen MR) is 97.6 cm³/mol. The maximum atomic E-state index is 12.1. The van der Waals surface area contributed by atoms with E-state index in [0.717, 1.165) is 56.2 Å². The third-order valence-corrected chi connectivity index (χ3v) is 5.54. The SMILES string of the molecule is Cc1nc(C(C)C)cc(N2CCC[C@@]3(CCC(=O)N(CCO)C3)C2)n1. The lowest BCUT2D eigenvalue weighted by Crippen LogP contribution is -2.54. The molecule has 1 spiro atoms. The number of piperidine rings is 2. The molecule has 1 aromatic rings. The molecular formula is C19H30N4O2. The van der Waals surface area contributed by atoms with Crippen LogP contribution in [0.15, 0.2) is 6.07 Å². The number of likely N-dealkylation sites (tertiary alicyclic amines) is 1. The number of β-amino-alcohol motifs (C(OH)–C–C–N with tert-alkyl or cyclic N) is 1. The van der Waals surface area contributed by atoms with E-state index >= 15 is 0 Å². The van der Waals surface area contributed by atoms with Crippen molar-refractivity contribution in [1.29, 1.82) is 0 Å². The van der Waals surface area contributed by atoms with Crippen LogP contribution in [0.25, 0.3) is 0 Å². The molecule has 1 atom stereocenters. The molecule has 2 fully saturated rings. The predicted octanol–water partition coefficient (Wildman–Crippen LogP) is 2.11. The third kappa shape index (κ3) is 3.94. The van der Waals surface area contributed by atoms with Crippen molar-refractivity contribution in [3.8, 4) is 0 Å². The molecule has 2 aliphatic rings. The number of anilines is 1. The zero-order chi connectivity index (χ0) is 18.0. The van der Waals surface area contributed by atoms with Crippen molar-refractivity contribution in [2.24, 2.45) is 5.41 Å². The smallest absolute Gasteiger partial charge is 0.222 e. The van der Waals surface area contributed by atoms with Gasteiger partial charge < -0.3 is 14.9 Å². The van der Waals surface area contributed by atoms with E-state index in [2.05, 4.69) is 34.8 Å². The molecule has 2 saturated heterocycles. The van der Waals surface area contributed by atoms with E-state index in [9.17, 15) is 9.90 Å². The van der Waals surface area contributed by atoms with E-state index in [0.29, 0.717) is 18.9 Å². The Hall–Kier alpha value is -1.69. The van der Waals surface area contributed by atoms with Gasteiger partial charge in [0.05, 0.1) is 6.61 Å². The Morgan fingerprint density at radius 1 is 1.28 bits per heavy atom. The monoisotopic (exact) mass is 346 g/mol. The quantitative estimate of drug-likeness (QED) is 0.904. The molecule has 3 heterocycles. The summed E-state index contributed by atoms with van der Waals surface area (Å²) in [5, 5.41) is 9.24. The average Bonchev–Trinajstić information content (AvgIpc) is 2.58. The van der Waals surface area contributed by atoms with E-state index in [1.807, 2.05) is 11.8 Å². The molecule has 0 aliphatic carbocycles. The normalized spacial score (nSPS) is 24.4. The molecule has 1 aromatic heterocycles. The number of carbonyl (C=O) groups is 1. The van der Waals surface area contributed by atoms with Gasteiger partial charge >= 0.3 is 0 Å². The second-order valence-corrected chi connectivity index (χ2v) is 7.92. The summed E-state index contributed by atoms with van der Waals surface area (Å²) < 4.78 is 0. The number of aliphatic hydroxyl groups excluding tert-OH is 1. The van der Waals surface area contributed by atoms with E-state index < -0.39 is 0 Å². The van der Waals surface area contributed by atoms with Crippen LogP contribution in [-0.2, 0) is 4.79 Å². The first-order valence-corrected chi connectivity index (χ1v) is 9.42. The van der Waals surface area contributed by atoms with Gasteiger partial charge in [0.15, 0.2) is 0 Å². The highest BCUT2D eigenvalue weighted by Crippen LogP contribution is 2.40. The minimum absolute atomic E-state index is 0.0361. The number of nitrogens with zero attached hydrogens (tertiary/aromatic N) is 4. The highest BCUT2D eigenvalue weighted by atomic mass is 16.3. The fraction of sp³-hybridized carbons (Fsp3) is 0.737. The lowest BCUT2D eigenvalue weighted by molar-refractivity contribution is -0.138. The van der Waals surface area contributed by atoms with Gasteiger partial charge in [-0.05, 0) is 32.1 Å².